The molecule has 0 saturated heterocycles. The van der Waals surface area contributed by atoms with Crippen LogP contribution in [-0.4, -0.2) is 12.5 Å². The monoisotopic (exact) mass is 348 g/mol. The molecule has 0 heterocycles. The highest BCUT2D eigenvalue weighted by Gasteiger charge is 2.11. The summed E-state index contributed by atoms with van der Waals surface area (Å²) in [5, 5.41) is 2.85. The molecule has 4 nitrogen and oxygen atoms in total. The third-order valence-corrected chi connectivity index (χ3v) is 3.45. The number of carbonyl (C=O) groups excluding carboxylic acids is 1. The summed E-state index contributed by atoms with van der Waals surface area (Å²) in [7, 11) is 0. The Hall–Kier alpha value is -2.01. The molecule has 2 rings (SSSR count). The van der Waals surface area contributed by atoms with Gasteiger partial charge in [0.05, 0.1) is 18.0 Å². The lowest BCUT2D eigenvalue weighted by Gasteiger charge is -2.12. The minimum absolute atomic E-state index is 0.199. The highest BCUT2D eigenvalue weighted by molar-refractivity contribution is 9.10. The Labute approximate surface area is 132 Å². The lowest BCUT2D eigenvalue weighted by Crippen LogP contribution is -2.14. The number of rotatable bonds is 4. The molecule has 0 fully saturated rings. The van der Waals surface area contributed by atoms with E-state index in [1.807, 2.05) is 19.9 Å². The maximum absolute atomic E-state index is 12.3. The molecule has 0 aromatic heterocycles. The maximum atomic E-state index is 12.3. The lowest BCUT2D eigenvalue weighted by atomic mass is 10.1. The number of aryl methyl sites for hydroxylation is 1. The minimum atomic E-state index is -0.199. The Bertz CT molecular complexity index is 631. The molecule has 1 amide bonds. The van der Waals surface area contributed by atoms with Crippen molar-refractivity contribution < 1.29 is 9.53 Å². The Morgan fingerprint density at radius 1 is 1.29 bits per heavy atom. The number of anilines is 2. The van der Waals surface area contributed by atoms with Crippen LogP contribution in [0.5, 0.6) is 5.75 Å². The molecule has 0 unspecified atom stereocenters. The number of hydrogen-bond acceptors (Lipinski definition) is 3. The van der Waals surface area contributed by atoms with Gasteiger partial charge in [-0.3, -0.25) is 4.79 Å². The molecule has 0 aliphatic rings. The molecule has 2 aromatic rings. The summed E-state index contributed by atoms with van der Waals surface area (Å²) in [5.41, 5.74) is 8.57. The van der Waals surface area contributed by atoms with Gasteiger partial charge in [0.25, 0.3) is 5.91 Å². The number of carbonyl (C=O) groups is 1. The zero-order chi connectivity index (χ0) is 15.4. The van der Waals surface area contributed by atoms with Gasteiger partial charge in [0.2, 0.25) is 0 Å². The summed E-state index contributed by atoms with van der Waals surface area (Å²) >= 11 is 3.37. The third kappa shape index (κ3) is 3.76. The van der Waals surface area contributed by atoms with E-state index in [1.54, 1.807) is 30.3 Å². The Morgan fingerprint density at radius 2 is 1.95 bits per heavy atom. The number of nitrogen functional groups attached to an aromatic ring is 1. The van der Waals surface area contributed by atoms with Crippen molar-refractivity contribution in [3.05, 3.63) is 52.0 Å². The van der Waals surface area contributed by atoms with Gasteiger partial charge in [-0.25, -0.2) is 0 Å². The largest absolute Gasteiger partial charge is 0.494 e. The van der Waals surface area contributed by atoms with Gasteiger partial charge in [0.1, 0.15) is 5.75 Å². The summed E-state index contributed by atoms with van der Waals surface area (Å²) in [6.45, 7) is 4.41. The molecule has 0 atom stereocenters. The Morgan fingerprint density at radius 3 is 2.52 bits per heavy atom. The predicted molar refractivity (Wildman–Crippen MR) is 88.9 cm³/mol. The van der Waals surface area contributed by atoms with Crippen LogP contribution in [0, 0.1) is 6.92 Å². The first kappa shape index (κ1) is 15.4. The fraction of sp³-hybridized carbons (Fsp3) is 0.188. The molecule has 0 bridgehead atoms. The van der Waals surface area contributed by atoms with Crippen LogP contribution in [0.25, 0.3) is 0 Å². The number of nitrogens with two attached hydrogens (primary N) is 1. The predicted octanol–water partition coefficient (Wildman–Crippen LogP) is 3.99. The highest BCUT2D eigenvalue weighted by atomic mass is 79.9. The lowest BCUT2D eigenvalue weighted by molar-refractivity contribution is 0.102. The second-order valence-corrected chi connectivity index (χ2v) is 5.51. The van der Waals surface area contributed by atoms with Crippen molar-refractivity contribution in [1.82, 2.24) is 0 Å². The van der Waals surface area contributed by atoms with Gasteiger partial charge < -0.3 is 15.8 Å². The molecule has 21 heavy (non-hydrogen) atoms. The van der Waals surface area contributed by atoms with E-state index in [0.717, 1.165) is 15.8 Å². The van der Waals surface area contributed by atoms with Crippen LogP contribution in [0.3, 0.4) is 0 Å². The maximum Gasteiger partial charge on any atom is 0.255 e. The van der Waals surface area contributed by atoms with Crippen molar-refractivity contribution in [2.24, 2.45) is 0 Å². The van der Waals surface area contributed by atoms with Gasteiger partial charge in [-0.15, -0.1) is 0 Å². The molecule has 0 radical (unpaired) electrons. The van der Waals surface area contributed by atoms with Gasteiger partial charge in [-0.2, -0.15) is 0 Å². The molecule has 0 aliphatic carbocycles. The molecule has 0 aliphatic heterocycles. The smallest absolute Gasteiger partial charge is 0.255 e. The van der Waals surface area contributed by atoms with Crippen LogP contribution >= 0.6 is 15.9 Å². The fourth-order valence-corrected chi connectivity index (χ4v) is 2.58. The quantitative estimate of drug-likeness (QED) is 0.821. The van der Waals surface area contributed by atoms with Crippen LogP contribution < -0.4 is 15.8 Å². The number of benzene rings is 2. The van der Waals surface area contributed by atoms with Crippen LogP contribution in [0.1, 0.15) is 22.8 Å². The standard InChI is InChI=1S/C16H17BrN2O2/c1-3-21-13-6-4-11(5-7-13)16(20)19-15-10(2)8-12(17)9-14(15)18/h4-9H,3,18H2,1-2H3,(H,19,20). The summed E-state index contributed by atoms with van der Waals surface area (Å²) < 4.78 is 6.24. The van der Waals surface area contributed by atoms with Crippen LogP contribution in [0.2, 0.25) is 0 Å². The van der Waals surface area contributed by atoms with Gasteiger partial charge >= 0.3 is 0 Å². The normalized spacial score (nSPS) is 10.2. The molecular formula is C16H17BrN2O2. The topological polar surface area (TPSA) is 64.3 Å². The van der Waals surface area contributed by atoms with Crippen molar-refractivity contribution in [2.45, 2.75) is 13.8 Å². The summed E-state index contributed by atoms with van der Waals surface area (Å²) in [6.07, 6.45) is 0. The van der Waals surface area contributed by atoms with E-state index in [1.165, 1.54) is 0 Å². The van der Waals surface area contributed by atoms with Gasteiger partial charge in [-0.1, -0.05) is 15.9 Å². The second-order valence-electron chi connectivity index (χ2n) is 4.60. The van der Waals surface area contributed by atoms with E-state index in [-0.39, 0.29) is 5.91 Å². The number of ether oxygens (including phenoxy) is 1. The summed E-state index contributed by atoms with van der Waals surface area (Å²) in [4.78, 5) is 12.3. The Balaban J connectivity index is 2.18. The van der Waals surface area contributed by atoms with Crippen molar-refractivity contribution >= 4 is 33.2 Å². The first-order chi connectivity index (χ1) is 10.0. The number of halogens is 1. The van der Waals surface area contributed by atoms with Gasteiger partial charge in [0.15, 0.2) is 0 Å². The minimum Gasteiger partial charge on any atom is -0.494 e. The van der Waals surface area contributed by atoms with E-state index in [4.69, 9.17) is 10.5 Å². The Kier molecular flexibility index (Phi) is 4.85. The van der Waals surface area contributed by atoms with Crippen molar-refractivity contribution in [1.29, 1.82) is 0 Å². The van der Waals surface area contributed by atoms with E-state index < -0.39 is 0 Å². The molecule has 2 aromatic carbocycles. The van der Waals surface area contributed by atoms with E-state index in [0.29, 0.717) is 23.5 Å². The molecule has 0 spiro atoms. The summed E-state index contributed by atoms with van der Waals surface area (Å²) in [5.74, 6) is 0.545. The van der Waals surface area contributed by atoms with Crippen molar-refractivity contribution in [3.63, 3.8) is 0 Å². The van der Waals surface area contributed by atoms with Crippen LogP contribution in [0.4, 0.5) is 11.4 Å². The average molecular weight is 349 g/mol. The number of nitrogens with one attached hydrogen (secondary N) is 1. The number of amides is 1. The van der Waals surface area contributed by atoms with Crippen molar-refractivity contribution in [3.8, 4) is 5.75 Å². The first-order valence-electron chi connectivity index (χ1n) is 6.61. The van der Waals surface area contributed by atoms with Crippen LogP contribution in [0.15, 0.2) is 40.9 Å². The zero-order valence-corrected chi connectivity index (χ0v) is 13.5. The SMILES string of the molecule is CCOc1ccc(C(=O)Nc2c(C)cc(Br)cc2N)cc1. The highest BCUT2D eigenvalue weighted by Crippen LogP contribution is 2.28. The van der Waals surface area contributed by atoms with E-state index in [9.17, 15) is 4.79 Å². The van der Waals surface area contributed by atoms with Crippen LogP contribution in [-0.2, 0) is 0 Å². The van der Waals surface area contributed by atoms with Gasteiger partial charge in [0, 0.05) is 10.0 Å². The molecule has 110 valence electrons. The fourth-order valence-electron chi connectivity index (χ4n) is 1.99. The number of hydrogen-bond donors (Lipinski definition) is 2. The summed E-state index contributed by atoms with van der Waals surface area (Å²) in [6, 6.07) is 10.7. The molecule has 3 N–H and O–H groups in total. The van der Waals surface area contributed by atoms with E-state index in [2.05, 4.69) is 21.2 Å². The zero-order valence-electron chi connectivity index (χ0n) is 11.9. The molecule has 5 heteroatoms. The third-order valence-electron chi connectivity index (χ3n) is 3.00. The van der Waals surface area contributed by atoms with Crippen molar-refractivity contribution in [2.75, 3.05) is 17.7 Å². The first-order valence-corrected chi connectivity index (χ1v) is 7.40. The second kappa shape index (κ2) is 6.63. The molecule has 0 saturated carbocycles. The average Bonchev–Trinajstić information content (AvgIpc) is 2.43. The van der Waals surface area contributed by atoms with E-state index >= 15 is 0 Å². The molecular weight excluding hydrogens is 332 g/mol. The van der Waals surface area contributed by atoms with Gasteiger partial charge in [-0.05, 0) is 55.8 Å².